The minimum absolute atomic E-state index is 0.0602. The molecule has 1 N–H and O–H groups in total. The smallest absolute Gasteiger partial charge is 0.410 e. The van der Waals surface area contributed by atoms with Gasteiger partial charge in [-0.2, -0.15) is 0 Å². The molecule has 0 radical (unpaired) electrons. The zero-order valence-electron chi connectivity index (χ0n) is 15.8. The molecule has 1 aromatic heterocycles. The van der Waals surface area contributed by atoms with Crippen molar-refractivity contribution >= 4 is 24.0 Å². The maximum absolute atomic E-state index is 12.5. The van der Waals surface area contributed by atoms with E-state index in [0.717, 1.165) is 0 Å². The Kier molecular flexibility index (Phi) is 6.04. The van der Waals surface area contributed by atoms with Crippen molar-refractivity contribution in [2.45, 2.75) is 32.7 Å². The van der Waals surface area contributed by atoms with Gasteiger partial charge in [0, 0.05) is 27.2 Å². The second kappa shape index (κ2) is 7.88. The van der Waals surface area contributed by atoms with Crippen LogP contribution in [0.2, 0.25) is 0 Å². The van der Waals surface area contributed by atoms with Gasteiger partial charge >= 0.3 is 6.09 Å². The molecule has 2 rings (SSSR count). The molecule has 1 saturated heterocycles. The summed E-state index contributed by atoms with van der Waals surface area (Å²) >= 11 is 0. The fourth-order valence-electron chi connectivity index (χ4n) is 2.44. The average Bonchev–Trinajstić information content (AvgIpc) is 2.91. The highest BCUT2D eigenvalue weighted by atomic mass is 16.6. The summed E-state index contributed by atoms with van der Waals surface area (Å²) < 4.78 is 11.8. The average molecular weight is 366 g/mol. The van der Waals surface area contributed by atoms with Crippen LogP contribution in [0.1, 0.15) is 26.5 Å². The molecule has 1 fully saturated rings. The zero-order valence-corrected chi connectivity index (χ0v) is 15.8. The molecule has 1 atom stereocenters. The third-order valence-electron chi connectivity index (χ3n) is 3.79. The molecule has 0 aliphatic carbocycles. The Morgan fingerprint density at radius 3 is 2.65 bits per heavy atom. The SMILES string of the molecule is COC(O)/C=C/c1cnc(N2CCN(C(=O)OC(C)(C)C)CC2=O)n1C. The third-order valence-corrected chi connectivity index (χ3v) is 3.79. The van der Waals surface area contributed by atoms with E-state index in [1.807, 2.05) is 0 Å². The fourth-order valence-corrected chi connectivity index (χ4v) is 2.44. The van der Waals surface area contributed by atoms with E-state index in [1.165, 1.54) is 23.0 Å². The first-order valence-corrected chi connectivity index (χ1v) is 8.31. The normalized spacial score (nSPS) is 17.1. The second-order valence-electron chi connectivity index (χ2n) is 6.97. The number of imidazole rings is 1. The van der Waals surface area contributed by atoms with Crippen LogP contribution in [0, 0.1) is 0 Å². The minimum atomic E-state index is -1.01. The Bertz CT molecular complexity index is 692. The number of aliphatic hydroxyl groups is 1. The van der Waals surface area contributed by atoms with Crippen LogP contribution >= 0.6 is 0 Å². The number of methoxy groups -OCH3 is 1. The monoisotopic (exact) mass is 366 g/mol. The molecule has 0 saturated carbocycles. The van der Waals surface area contributed by atoms with E-state index in [9.17, 15) is 14.7 Å². The molecule has 0 bridgehead atoms. The van der Waals surface area contributed by atoms with E-state index in [4.69, 9.17) is 9.47 Å². The molecular weight excluding hydrogens is 340 g/mol. The lowest BCUT2D eigenvalue weighted by atomic mass is 10.2. The van der Waals surface area contributed by atoms with Gasteiger partial charge in [0.15, 0.2) is 6.29 Å². The van der Waals surface area contributed by atoms with Crippen LogP contribution in [0.5, 0.6) is 0 Å². The summed E-state index contributed by atoms with van der Waals surface area (Å²) in [6.45, 7) is 5.98. The van der Waals surface area contributed by atoms with Crippen LogP contribution in [0.3, 0.4) is 0 Å². The summed E-state index contributed by atoms with van der Waals surface area (Å²) in [6.07, 6.45) is 3.23. The molecule has 2 heterocycles. The second-order valence-corrected chi connectivity index (χ2v) is 6.97. The largest absolute Gasteiger partial charge is 0.444 e. The number of carbonyl (C=O) groups excluding carboxylic acids is 2. The van der Waals surface area contributed by atoms with Crippen LogP contribution in [0.15, 0.2) is 12.3 Å². The molecule has 26 heavy (non-hydrogen) atoms. The highest BCUT2D eigenvalue weighted by molar-refractivity contribution is 5.96. The molecule has 0 aromatic carbocycles. The van der Waals surface area contributed by atoms with Crippen molar-refractivity contribution in [3.8, 4) is 0 Å². The Labute approximate surface area is 152 Å². The quantitative estimate of drug-likeness (QED) is 0.798. The van der Waals surface area contributed by atoms with Gasteiger partial charge in [-0.15, -0.1) is 0 Å². The van der Waals surface area contributed by atoms with Crippen molar-refractivity contribution in [3.63, 3.8) is 0 Å². The van der Waals surface area contributed by atoms with Gasteiger partial charge in [-0.3, -0.25) is 14.6 Å². The Balaban J connectivity index is 2.06. The number of rotatable bonds is 4. The molecule has 1 unspecified atom stereocenters. The molecule has 144 valence electrons. The highest BCUT2D eigenvalue weighted by Crippen LogP contribution is 2.19. The zero-order chi connectivity index (χ0) is 19.5. The van der Waals surface area contributed by atoms with Gasteiger partial charge in [-0.05, 0) is 32.9 Å². The van der Waals surface area contributed by atoms with Crippen LogP contribution in [0.25, 0.3) is 6.08 Å². The number of nitrogens with zero attached hydrogens (tertiary/aromatic N) is 4. The van der Waals surface area contributed by atoms with Gasteiger partial charge in [-0.1, -0.05) is 0 Å². The van der Waals surface area contributed by atoms with Crippen molar-refractivity contribution in [1.82, 2.24) is 14.5 Å². The van der Waals surface area contributed by atoms with E-state index in [-0.39, 0.29) is 12.5 Å². The van der Waals surface area contributed by atoms with Crippen molar-refractivity contribution in [2.24, 2.45) is 7.05 Å². The summed E-state index contributed by atoms with van der Waals surface area (Å²) in [7, 11) is 3.17. The van der Waals surface area contributed by atoms with Crippen LogP contribution in [-0.4, -0.2) is 70.2 Å². The maximum Gasteiger partial charge on any atom is 0.410 e. The Morgan fingerprint density at radius 2 is 2.08 bits per heavy atom. The highest BCUT2D eigenvalue weighted by Gasteiger charge is 2.32. The Morgan fingerprint density at radius 1 is 1.38 bits per heavy atom. The number of carbonyl (C=O) groups is 2. The van der Waals surface area contributed by atoms with Gasteiger partial charge in [0.2, 0.25) is 11.9 Å². The van der Waals surface area contributed by atoms with Crippen LogP contribution < -0.4 is 4.90 Å². The summed E-state index contributed by atoms with van der Waals surface area (Å²) in [5, 5.41) is 9.42. The van der Waals surface area contributed by atoms with Crippen molar-refractivity contribution in [2.75, 3.05) is 31.6 Å². The molecule has 9 nitrogen and oxygen atoms in total. The summed E-state index contributed by atoms with van der Waals surface area (Å²) in [5.41, 5.74) is 0.101. The van der Waals surface area contributed by atoms with Crippen LogP contribution in [0.4, 0.5) is 10.7 Å². The van der Waals surface area contributed by atoms with Gasteiger partial charge in [-0.25, -0.2) is 9.78 Å². The maximum atomic E-state index is 12.5. The topological polar surface area (TPSA) is 97.1 Å². The summed E-state index contributed by atoms with van der Waals surface area (Å²) in [5.74, 6) is 0.244. The summed E-state index contributed by atoms with van der Waals surface area (Å²) in [6, 6.07) is 0. The van der Waals surface area contributed by atoms with Gasteiger partial charge in [0.25, 0.3) is 0 Å². The first-order chi connectivity index (χ1) is 12.1. The number of hydrogen-bond donors (Lipinski definition) is 1. The van der Waals surface area contributed by atoms with Gasteiger partial charge < -0.3 is 19.1 Å². The van der Waals surface area contributed by atoms with Gasteiger partial charge in [0.05, 0.1) is 11.9 Å². The number of aromatic nitrogens is 2. The Hall–Kier alpha value is -2.39. The number of hydrogen-bond acceptors (Lipinski definition) is 6. The van der Waals surface area contributed by atoms with E-state index in [0.29, 0.717) is 24.7 Å². The number of piperazine rings is 1. The van der Waals surface area contributed by atoms with Crippen LogP contribution in [-0.2, 0) is 21.3 Å². The minimum Gasteiger partial charge on any atom is -0.444 e. The number of aliphatic hydroxyl groups excluding tert-OH is 1. The lowest BCUT2D eigenvalue weighted by molar-refractivity contribution is -0.121. The van der Waals surface area contributed by atoms with E-state index in [1.54, 1.807) is 44.7 Å². The first kappa shape index (κ1) is 19.9. The molecule has 1 aliphatic heterocycles. The fraction of sp³-hybridized carbons (Fsp3) is 0.588. The van der Waals surface area contributed by atoms with E-state index >= 15 is 0 Å². The standard InChI is InChI=1S/C17H26N4O5/c1-17(2,3)26-16(24)20-8-9-21(13(22)11-20)15-18-10-12(19(15)4)6-7-14(23)25-5/h6-7,10,14,23H,8-9,11H2,1-5H3/b7-6+. The number of amides is 2. The van der Waals surface area contributed by atoms with E-state index in [2.05, 4.69) is 4.98 Å². The molecule has 9 heteroatoms. The number of ether oxygens (including phenoxy) is 2. The summed E-state index contributed by atoms with van der Waals surface area (Å²) in [4.78, 5) is 31.8. The molecule has 2 amide bonds. The first-order valence-electron chi connectivity index (χ1n) is 8.31. The van der Waals surface area contributed by atoms with Crippen molar-refractivity contribution in [1.29, 1.82) is 0 Å². The van der Waals surface area contributed by atoms with Crippen molar-refractivity contribution < 1.29 is 24.2 Å². The van der Waals surface area contributed by atoms with Gasteiger partial charge in [0.1, 0.15) is 12.1 Å². The molecule has 1 aliphatic rings. The van der Waals surface area contributed by atoms with E-state index < -0.39 is 18.0 Å². The molecule has 1 aromatic rings. The lowest BCUT2D eigenvalue weighted by Crippen LogP contribution is -2.54. The van der Waals surface area contributed by atoms with Crippen molar-refractivity contribution in [3.05, 3.63) is 18.0 Å². The lowest BCUT2D eigenvalue weighted by Gasteiger charge is -2.34. The predicted molar refractivity (Wildman–Crippen MR) is 95.4 cm³/mol. The molecule has 0 spiro atoms. The number of anilines is 1. The predicted octanol–water partition coefficient (Wildman–Crippen LogP) is 0.982. The third kappa shape index (κ3) is 4.83. The molecular formula is C17H26N4O5.